The molecule has 0 aliphatic carbocycles. The number of aryl methyl sites for hydroxylation is 1. The molecule has 7 heteroatoms. The van der Waals surface area contributed by atoms with Crippen LogP contribution in [0, 0.1) is 6.92 Å². The molecule has 2 aromatic carbocycles. The van der Waals surface area contributed by atoms with Crippen LogP contribution in [0.2, 0.25) is 5.02 Å². The Morgan fingerprint density at radius 1 is 1.14 bits per heavy atom. The van der Waals surface area contributed by atoms with Crippen molar-refractivity contribution in [3.05, 3.63) is 76.5 Å². The summed E-state index contributed by atoms with van der Waals surface area (Å²) >= 11 is 5.87. The third-order valence-electron chi connectivity index (χ3n) is 4.20. The quantitative estimate of drug-likeness (QED) is 0.625. The van der Waals surface area contributed by atoms with Crippen molar-refractivity contribution < 1.29 is 18.8 Å². The lowest BCUT2D eigenvalue weighted by Gasteiger charge is -2.14. The van der Waals surface area contributed by atoms with E-state index < -0.39 is 18.5 Å². The van der Waals surface area contributed by atoms with Crippen LogP contribution in [0.3, 0.4) is 0 Å². The van der Waals surface area contributed by atoms with E-state index in [0.29, 0.717) is 16.5 Å². The molecule has 0 spiro atoms. The summed E-state index contributed by atoms with van der Waals surface area (Å²) in [6, 6.07) is 16.1. The van der Waals surface area contributed by atoms with Gasteiger partial charge in [0.25, 0.3) is 5.91 Å². The fourth-order valence-electron chi connectivity index (χ4n) is 2.73. The first kappa shape index (κ1) is 19.6. The summed E-state index contributed by atoms with van der Waals surface area (Å²) in [5, 5.41) is 7.34. The van der Waals surface area contributed by atoms with Gasteiger partial charge in [0.1, 0.15) is 17.0 Å². The molecule has 3 aromatic rings. The molecule has 1 N–H and O–H groups in total. The zero-order valence-corrected chi connectivity index (χ0v) is 16.2. The Bertz CT molecular complexity index is 968. The molecule has 144 valence electrons. The van der Waals surface area contributed by atoms with Crippen molar-refractivity contribution >= 4 is 23.5 Å². The summed E-state index contributed by atoms with van der Waals surface area (Å²) in [5.74, 6) is -0.739. The van der Waals surface area contributed by atoms with Gasteiger partial charge in [0.15, 0.2) is 6.61 Å². The number of esters is 1. The Labute approximate surface area is 167 Å². The van der Waals surface area contributed by atoms with Gasteiger partial charge in [-0.15, -0.1) is 0 Å². The molecule has 28 heavy (non-hydrogen) atoms. The van der Waals surface area contributed by atoms with E-state index in [2.05, 4.69) is 10.5 Å². The highest BCUT2D eigenvalue weighted by atomic mass is 35.5. The van der Waals surface area contributed by atoms with E-state index in [1.807, 2.05) is 49.4 Å². The number of carbonyl (C=O) groups is 2. The number of amides is 1. The van der Waals surface area contributed by atoms with Crippen LogP contribution in [0.1, 0.15) is 34.6 Å². The number of rotatable bonds is 6. The van der Waals surface area contributed by atoms with Crippen molar-refractivity contribution in [2.24, 2.45) is 0 Å². The lowest BCUT2D eigenvalue weighted by Crippen LogP contribution is -2.31. The number of hydrogen-bond donors (Lipinski definition) is 1. The van der Waals surface area contributed by atoms with Crippen molar-refractivity contribution in [1.29, 1.82) is 0 Å². The van der Waals surface area contributed by atoms with Crippen LogP contribution in [-0.4, -0.2) is 23.6 Å². The number of benzene rings is 2. The molecule has 0 saturated heterocycles. The van der Waals surface area contributed by atoms with Crippen molar-refractivity contribution in [1.82, 2.24) is 10.5 Å². The molecule has 1 amide bonds. The third kappa shape index (κ3) is 4.58. The summed E-state index contributed by atoms with van der Waals surface area (Å²) in [6.45, 7) is 3.05. The number of ether oxygens (including phenoxy) is 1. The van der Waals surface area contributed by atoms with Gasteiger partial charge in [0, 0.05) is 10.6 Å². The van der Waals surface area contributed by atoms with Crippen LogP contribution >= 0.6 is 11.6 Å². The standard InChI is InChI=1S/C21H19ClN2O4/c1-13(15-8-10-17(22)11-9-15)23-18(25)12-27-21(26)19-14(2)28-24-20(19)16-6-4-3-5-7-16/h3-11,13H,12H2,1-2H3,(H,23,25)/t13-/m1/s1. The summed E-state index contributed by atoms with van der Waals surface area (Å²) in [6.07, 6.45) is 0. The van der Waals surface area contributed by atoms with Gasteiger partial charge in [0.2, 0.25) is 0 Å². The van der Waals surface area contributed by atoms with Crippen LogP contribution in [0.25, 0.3) is 11.3 Å². The van der Waals surface area contributed by atoms with Crippen LogP contribution < -0.4 is 5.32 Å². The van der Waals surface area contributed by atoms with E-state index in [-0.39, 0.29) is 11.6 Å². The van der Waals surface area contributed by atoms with Crippen LogP contribution in [-0.2, 0) is 9.53 Å². The first-order valence-electron chi connectivity index (χ1n) is 8.69. The van der Waals surface area contributed by atoms with Crippen molar-refractivity contribution in [2.45, 2.75) is 19.9 Å². The second-order valence-corrected chi connectivity index (χ2v) is 6.68. The molecule has 0 bridgehead atoms. The van der Waals surface area contributed by atoms with E-state index in [1.54, 1.807) is 19.1 Å². The molecule has 1 heterocycles. The summed E-state index contributed by atoms with van der Waals surface area (Å²) in [5.41, 5.74) is 2.22. The average Bonchev–Trinajstić information content (AvgIpc) is 3.09. The molecular formula is C21H19ClN2O4. The maximum atomic E-state index is 12.5. The molecule has 0 unspecified atom stereocenters. The average molecular weight is 399 g/mol. The zero-order valence-electron chi connectivity index (χ0n) is 15.4. The van der Waals surface area contributed by atoms with Crippen molar-refractivity contribution in [3.8, 4) is 11.3 Å². The highest BCUT2D eigenvalue weighted by molar-refractivity contribution is 6.30. The number of hydrogen-bond acceptors (Lipinski definition) is 5. The minimum absolute atomic E-state index is 0.213. The molecule has 1 atom stereocenters. The second-order valence-electron chi connectivity index (χ2n) is 6.25. The van der Waals surface area contributed by atoms with Gasteiger partial charge in [-0.1, -0.05) is 59.2 Å². The molecule has 0 radical (unpaired) electrons. The minimum atomic E-state index is -0.660. The van der Waals surface area contributed by atoms with Gasteiger partial charge in [-0.05, 0) is 31.5 Å². The van der Waals surface area contributed by atoms with Crippen LogP contribution in [0.15, 0.2) is 59.1 Å². The van der Waals surface area contributed by atoms with E-state index in [9.17, 15) is 9.59 Å². The number of halogens is 1. The molecular weight excluding hydrogens is 380 g/mol. The van der Waals surface area contributed by atoms with E-state index in [1.165, 1.54) is 0 Å². The van der Waals surface area contributed by atoms with Gasteiger partial charge < -0.3 is 14.6 Å². The smallest absolute Gasteiger partial charge is 0.344 e. The van der Waals surface area contributed by atoms with Gasteiger partial charge in [-0.2, -0.15) is 0 Å². The lowest BCUT2D eigenvalue weighted by atomic mass is 10.1. The van der Waals surface area contributed by atoms with E-state index in [0.717, 1.165) is 11.1 Å². The summed E-state index contributed by atoms with van der Waals surface area (Å²) in [4.78, 5) is 24.7. The Morgan fingerprint density at radius 2 is 1.82 bits per heavy atom. The third-order valence-corrected chi connectivity index (χ3v) is 4.45. The minimum Gasteiger partial charge on any atom is -0.452 e. The normalized spacial score (nSPS) is 11.7. The van der Waals surface area contributed by atoms with E-state index >= 15 is 0 Å². The summed E-state index contributed by atoms with van der Waals surface area (Å²) in [7, 11) is 0. The second kappa shape index (κ2) is 8.71. The fraction of sp³-hybridized carbons (Fsp3) is 0.190. The number of nitrogens with one attached hydrogen (secondary N) is 1. The monoisotopic (exact) mass is 398 g/mol. The number of carbonyl (C=O) groups excluding carboxylic acids is 2. The Kier molecular flexibility index (Phi) is 6.11. The fourth-order valence-corrected chi connectivity index (χ4v) is 2.85. The number of nitrogens with zero attached hydrogens (tertiary/aromatic N) is 1. The van der Waals surface area contributed by atoms with Crippen LogP contribution in [0.4, 0.5) is 0 Å². The van der Waals surface area contributed by atoms with Gasteiger partial charge in [-0.25, -0.2) is 4.79 Å². The van der Waals surface area contributed by atoms with Gasteiger partial charge in [-0.3, -0.25) is 4.79 Å². The predicted molar refractivity (Wildman–Crippen MR) is 105 cm³/mol. The largest absolute Gasteiger partial charge is 0.452 e. The molecule has 3 rings (SSSR count). The molecule has 1 aromatic heterocycles. The van der Waals surface area contributed by atoms with Crippen molar-refractivity contribution in [3.63, 3.8) is 0 Å². The topological polar surface area (TPSA) is 81.4 Å². The lowest BCUT2D eigenvalue weighted by molar-refractivity contribution is -0.124. The Hall–Kier alpha value is -3.12. The van der Waals surface area contributed by atoms with Crippen LogP contribution in [0.5, 0.6) is 0 Å². The van der Waals surface area contributed by atoms with Crippen molar-refractivity contribution in [2.75, 3.05) is 6.61 Å². The maximum absolute atomic E-state index is 12.5. The predicted octanol–water partition coefficient (Wildman–Crippen LogP) is 4.34. The maximum Gasteiger partial charge on any atom is 0.344 e. The Balaban J connectivity index is 1.62. The SMILES string of the molecule is Cc1onc(-c2ccccc2)c1C(=O)OCC(=O)N[C@H](C)c1ccc(Cl)cc1. The molecule has 0 aliphatic rings. The van der Waals surface area contributed by atoms with E-state index in [4.69, 9.17) is 20.9 Å². The first-order chi connectivity index (χ1) is 13.5. The zero-order chi connectivity index (χ0) is 20.1. The number of aromatic nitrogens is 1. The molecule has 0 fully saturated rings. The molecule has 0 saturated carbocycles. The highest BCUT2D eigenvalue weighted by Gasteiger charge is 2.23. The first-order valence-corrected chi connectivity index (χ1v) is 9.07. The summed E-state index contributed by atoms with van der Waals surface area (Å²) < 4.78 is 10.3. The highest BCUT2D eigenvalue weighted by Crippen LogP contribution is 2.25. The van der Waals surface area contributed by atoms with Gasteiger partial charge >= 0.3 is 5.97 Å². The van der Waals surface area contributed by atoms with Gasteiger partial charge in [0.05, 0.1) is 6.04 Å². The molecule has 6 nitrogen and oxygen atoms in total. The molecule has 0 aliphatic heterocycles. The Morgan fingerprint density at radius 3 is 2.50 bits per heavy atom.